The lowest BCUT2D eigenvalue weighted by Crippen LogP contribution is -2.49. The highest BCUT2D eigenvalue weighted by molar-refractivity contribution is 5.15. The van der Waals surface area contributed by atoms with E-state index in [1.165, 1.54) is 19.3 Å². The van der Waals surface area contributed by atoms with E-state index in [4.69, 9.17) is 4.74 Å². The molecule has 5 atom stereocenters. The van der Waals surface area contributed by atoms with Gasteiger partial charge in [0.25, 0.3) is 0 Å². The van der Waals surface area contributed by atoms with Crippen LogP contribution in [0.4, 0.5) is 0 Å². The normalized spacial score (nSPS) is 51.1. The molecule has 2 bridgehead atoms. The molecule has 1 N–H and O–H groups in total. The van der Waals surface area contributed by atoms with E-state index < -0.39 is 5.60 Å². The van der Waals surface area contributed by atoms with Crippen molar-refractivity contribution in [3.63, 3.8) is 0 Å². The molecule has 0 radical (unpaired) electrons. The van der Waals surface area contributed by atoms with Crippen LogP contribution in [0.5, 0.6) is 0 Å². The molecular formula is C14H22O2. The number of aliphatic hydroxyl groups is 1. The Kier molecular flexibility index (Phi) is 2.60. The second-order valence-electron chi connectivity index (χ2n) is 5.78. The van der Waals surface area contributed by atoms with E-state index in [-0.39, 0.29) is 6.10 Å². The van der Waals surface area contributed by atoms with Gasteiger partial charge in [0.15, 0.2) is 0 Å². The van der Waals surface area contributed by atoms with Gasteiger partial charge in [0.2, 0.25) is 0 Å². The Morgan fingerprint density at radius 2 is 2.06 bits per heavy atom. The Bertz CT molecular complexity index is 299. The number of ether oxygens (including phenoxy) is 1. The van der Waals surface area contributed by atoms with Crippen molar-refractivity contribution in [2.45, 2.75) is 50.2 Å². The molecule has 16 heavy (non-hydrogen) atoms. The third kappa shape index (κ3) is 1.39. The second kappa shape index (κ2) is 3.85. The van der Waals surface area contributed by atoms with Gasteiger partial charge in [-0.1, -0.05) is 18.6 Å². The van der Waals surface area contributed by atoms with Gasteiger partial charge in [-0.25, -0.2) is 0 Å². The topological polar surface area (TPSA) is 29.5 Å². The van der Waals surface area contributed by atoms with Gasteiger partial charge in [0.05, 0.1) is 11.7 Å². The molecule has 0 aromatic carbocycles. The lowest BCUT2D eigenvalue weighted by Gasteiger charge is -2.43. The SMILES string of the molecule is CO[C@H]1[C@H]2CCC[C@@H]1C=C[C@H]1CCC[C@]21O. The maximum atomic E-state index is 11.0. The van der Waals surface area contributed by atoms with Crippen molar-refractivity contribution in [1.82, 2.24) is 0 Å². The minimum atomic E-state index is -0.466. The Morgan fingerprint density at radius 1 is 1.19 bits per heavy atom. The Morgan fingerprint density at radius 3 is 2.88 bits per heavy atom. The molecule has 3 rings (SSSR count). The largest absolute Gasteiger partial charge is 0.389 e. The molecular weight excluding hydrogens is 200 g/mol. The third-order valence-electron chi connectivity index (χ3n) is 5.11. The molecule has 3 aliphatic carbocycles. The zero-order chi connectivity index (χ0) is 11.2. The van der Waals surface area contributed by atoms with Crippen LogP contribution in [0.25, 0.3) is 0 Å². The van der Waals surface area contributed by atoms with Crippen molar-refractivity contribution < 1.29 is 9.84 Å². The maximum absolute atomic E-state index is 11.0. The molecule has 2 saturated carbocycles. The number of rotatable bonds is 1. The van der Waals surface area contributed by atoms with Gasteiger partial charge < -0.3 is 9.84 Å². The average molecular weight is 222 g/mol. The fraction of sp³-hybridized carbons (Fsp3) is 0.857. The molecule has 0 spiro atoms. The van der Waals surface area contributed by atoms with Crippen LogP contribution in [-0.4, -0.2) is 23.9 Å². The predicted octanol–water partition coefficient (Wildman–Crippen LogP) is 2.52. The highest BCUT2D eigenvalue weighted by Gasteiger charge is 2.52. The molecule has 90 valence electrons. The summed E-state index contributed by atoms with van der Waals surface area (Å²) in [5.41, 5.74) is -0.466. The van der Waals surface area contributed by atoms with E-state index in [1.54, 1.807) is 0 Å². The summed E-state index contributed by atoms with van der Waals surface area (Å²) >= 11 is 0. The summed E-state index contributed by atoms with van der Waals surface area (Å²) in [6.07, 6.45) is 11.8. The lowest BCUT2D eigenvalue weighted by atomic mass is 9.69. The summed E-state index contributed by atoms with van der Waals surface area (Å²) in [6, 6.07) is 0. The molecule has 0 heterocycles. The van der Waals surface area contributed by atoms with Gasteiger partial charge in [-0.05, 0) is 32.1 Å². The fourth-order valence-corrected chi connectivity index (χ4v) is 4.32. The van der Waals surface area contributed by atoms with Gasteiger partial charge in [-0.2, -0.15) is 0 Å². The summed E-state index contributed by atoms with van der Waals surface area (Å²) in [7, 11) is 1.81. The molecule has 2 fully saturated rings. The van der Waals surface area contributed by atoms with Crippen LogP contribution in [0.2, 0.25) is 0 Å². The van der Waals surface area contributed by atoms with Gasteiger partial charge in [-0.3, -0.25) is 0 Å². The first-order valence-corrected chi connectivity index (χ1v) is 6.69. The number of hydrogen-bond donors (Lipinski definition) is 1. The first-order chi connectivity index (χ1) is 7.75. The Labute approximate surface area is 97.7 Å². The van der Waals surface area contributed by atoms with Crippen LogP contribution in [0.1, 0.15) is 38.5 Å². The van der Waals surface area contributed by atoms with E-state index in [0.29, 0.717) is 17.8 Å². The van der Waals surface area contributed by atoms with Crippen molar-refractivity contribution in [1.29, 1.82) is 0 Å². The van der Waals surface area contributed by atoms with Crippen molar-refractivity contribution in [3.05, 3.63) is 12.2 Å². The zero-order valence-electron chi connectivity index (χ0n) is 10.1. The highest BCUT2D eigenvalue weighted by Crippen LogP contribution is 2.51. The minimum Gasteiger partial charge on any atom is -0.389 e. The van der Waals surface area contributed by atoms with Crippen LogP contribution in [0, 0.1) is 17.8 Å². The second-order valence-corrected chi connectivity index (χ2v) is 5.78. The van der Waals surface area contributed by atoms with E-state index in [2.05, 4.69) is 12.2 Å². The first-order valence-electron chi connectivity index (χ1n) is 6.69. The Hall–Kier alpha value is -0.340. The van der Waals surface area contributed by atoms with Crippen molar-refractivity contribution in [2.24, 2.45) is 17.8 Å². The molecule has 0 saturated heterocycles. The summed E-state index contributed by atoms with van der Waals surface area (Å²) in [4.78, 5) is 0. The van der Waals surface area contributed by atoms with E-state index in [9.17, 15) is 5.11 Å². The zero-order valence-corrected chi connectivity index (χ0v) is 10.1. The molecule has 2 heteroatoms. The number of hydrogen-bond acceptors (Lipinski definition) is 2. The standard InChI is InChI=1S/C14H22O2/c1-16-13-10-4-2-6-12(13)14(15)9-3-5-11(14)8-7-10/h7-8,10-13,15H,2-6,9H2,1H3/t10-,11-,12-,13-,14-/m1/s1. The monoisotopic (exact) mass is 222 g/mol. The van der Waals surface area contributed by atoms with Crippen LogP contribution < -0.4 is 0 Å². The van der Waals surface area contributed by atoms with E-state index in [1.807, 2.05) is 7.11 Å². The van der Waals surface area contributed by atoms with E-state index >= 15 is 0 Å². The third-order valence-corrected chi connectivity index (χ3v) is 5.11. The average Bonchev–Trinajstić information content (AvgIpc) is 2.66. The molecule has 3 aliphatic rings. The molecule has 0 aromatic heterocycles. The highest BCUT2D eigenvalue weighted by atomic mass is 16.5. The summed E-state index contributed by atoms with van der Waals surface area (Å²) in [5, 5.41) is 11.0. The van der Waals surface area contributed by atoms with E-state index in [0.717, 1.165) is 19.3 Å². The summed E-state index contributed by atoms with van der Waals surface area (Å²) in [5.74, 6) is 1.29. The molecule has 0 aromatic rings. The molecule has 0 amide bonds. The minimum absolute atomic E-state index is 0.248. The number of methoxy groups -OCH3 is 1. The smallest absolute Gasteiger partial charge is 0.0763 e. The quantitative estimate of drug-likeness (QED) is 0.691. The lowest BCUT2D eigenvalue weighted by molar-refractivity contribution is -0.118. The predicted molar refractivity (Wildman–Crippen MR) is 63.1 cm³/mol. The van der Waals surface area contributed by atoms with Crippen molar-refractivity contribution >= 4 is 0 Å². The Balaban J connectivity index is 1.99. The van der Waals surface area contributed by atoms with Crippen LogP contribution >= 0.6 is 0 Å². The van der Waals surface area contributed by atoms with Crippen molar-refractivity contribution in [2.75, 3.05) is 7.11 Å². The van der Waals surface area contributed by atoms with Gasteiger partial charge in [0.1, 0.15) is 0 Å². The fourth-order valence-electron chi connectivity index (χ4n) is 4.32. The van der Waals surface area contributed by atoms with Crippen LogP contribution in [-0.2, 0) is 4.74 Å². The van der Waals surface area contributed by atoms with Gasteiger partial charge >= 0.3 is 0 Å². The first kappa shape index (κ1) is 10.8. The summed E-state index contributed by atoms with van der Waals surface area (Å²) in [6.45, 7) is 0. The summed E-state index contributed by atoms with van der Waals surface area (Å²) < 4.78 is 5.70. The van der Waals surface area contributed by atoms with Gasteiger partial charge in [-0.15, -0.1) is 0 Å². The molecule has 0 unspecified atom stereocenters. The maximum Gasteiger partial charge on any atom is 0.0763 e. The van der Waals surface area contributed by atoms with Crippen molar-refractivity contribution in [3.8, 4) is 0 Å². The molecule has 2 nitrogen and oxygen atoms in total. The number of fused-ring (bicyclic) bond motifs is 4. The molecule has 0 aliphatic heterocycles. The van der Waals surface area contributed by atoms with Gasteiger partial charge in [0, 0.05) is 24.9 Å². The van der Waals surface area contributed by atoms with Crippen LogP contribution in [0.3, 0.4) is 0 Å². The van der Waals surface area contributed by atoms with Crippen LogP contribution in [0.15, 0.2) is 12.2 Å².